The molecule has 0 amide bonds. The Balaban J connectivity index is 2.40. The third-order valence-corrected chi connectivity index (χ3v) is 2.55. The van der Waals surface area contributed by atoms with Gasteiger partial charge in [0.2, 0.25) is 0 Å². The number of imidazole rings is 1. The number of unbranched alkanes of at least 4 members (excludes halogenated alkanes) is 1. The maximum atomic E-state index is 11.8. The molecule has 4 nitrogen and oxygen atoms in total. The van der Waals surface area contributed by atoms with E-state index in [1.165, 1.54) is 0 Å². The first-order chi connectivity index (χ1) is 7.66. The van der Waals surface area contributed by atoms with Gasteiger partial charge < -0.3 is 4.74 Å². The van der Waals surface area contributed by atoms with Gasteiger partial charge >= 0.3 is 5.69 Å². The van der Waals surface area contributed by atoms with E-state index in [1.54, 1.807) is 9.13 Å². The predicted octanol–water partition coefficient (Wildman–Crippen LogP) is 2.05. The molecule has 0 aliphatic rings. The molecule has 1 heterocycles. The maximum absolute atomic E-state index is 11.8. The lowest BCUT2D eigenvalue weighted by atomic mass is 10.4. The normalized spacial score (nSPS) is 11.2. The Bertz CT molecular complexity index is 352. The largest absolute Gasteiger partial charge is 0.380 e. The van der Waals surface area contributed by atoms with E-state index in [4.69, 9.17) is 4.74 Å². The lowest BCUT2D eigenvalue weighted by molar-refractivity contribution is 0.122. The van der Waals surface area contributed by atoms with Crippen LogP contribution in [0.25, 0.3) is 0 Å². The number of hydrogen-bond donors (Lipinski definition) is 0. The third kappa shape index (κ3) is 3.52. The van der Waals surface area contributed by atoms with Crippen LogP contribution in [-0.2, 0) is 11.3 Å². The summed E-state index contributed by atoms with van der Waals surface area (Å²) in [4.78, 5) is 11.8. The van der Waals surface area contributed by atoms with Crippen molar-refractivity contribution in [2.75, 3.05) is 13.2 Å². The van der Waals surface area contributed by atoms with E-state index >= 15 is 0 Å². The van der Waals surface area contributed by atoms with E-state index in [0.29, 0.717) is 13.2 Å². The van der Waals surface area contributed by atoms with Crippen molar-refractivity contribution in [2.24, 2.45) is 0 Å². The molecule has 4 heteroatoms. The van der Waals surface area contributed by atoms with Crippen LogP contribution in [0.1, 0.15) is 39.7 Å². The van der Waals surface area contributed by atoms with Gasteiger partial charge in [-0.2, -0.15) is 0 Å². The molecule has 0 saturated carbocycles. The van der Waals surface area contributed by atoms with Gasteiger partial charge in [-0.3, -0.25) is 9.13 Å². The van der Waals surface area contributed by atoms with Crippen molar-refractivity contribution in [3.63, 3.8) is 0 Å². The van der Waals surface area contributed by atoms with Crippen LogP contribution < -0.4 is 5.69 Å². The molecule has 0 aromatic carbocycles. The minimum atomic E-state index is 0.0501. The lowest BCUT2D eigenvalue weighted by Crippen LogP contribution is -2.26. The molecule has 0 aliphatic heterocycles. The van der Waals surface area contributed by atoms with Crippen LogP contribution >= 0.6 is 0 Å². The zero-order chi connectivity index (χ0) is 12.0. The van der Waals surface area contributed by atoms with E-state index in [1.807, 2.05) is 26.2 Å². The molecular weight excluding hydrogens is 204 g/mol. The minimum absolute atomic E-state index is 0.0501. The number of aromatic nitrogens is 2. The Hall–Kier alpha value is -1.03. The van der Waals surface area contributed by atoms with E-state index in [2.05, 4.69) is 6.92 Å². The summed E-state index contributed by atoms with van der Waals surface area (Å²) in [5, 5.41) is 0. The Morgan fingerprint density at radius 3 is 2.62 bits per heavy atom. The Kier molecular flexibility index (Phi) is 5.32. The fraction of sp³-hybridized carbons (Fsp3) is 0.750. The standard InChI is InChI=1S/C12H22N2O2/c1-4-5-9-16-10-8-13-6-7-14(11(2)3)12(13)15/h6-7,11H,4-5,8-10H2,1-3H3. The Labute approximate surface area is 96.8 Å². The molecule has 1 rings (SSSR count). The molecule has 0 N–H and O–H groups in total. The van der Waals surface area contributed by atoms with Crippen molar-refractivity contribution in [2.45, 2.75) is 46.2 Å². The highest BCUT2D eigenvalue weighted by atomic mass is 16.5. The van der Waals surface area contributed by atoms with Crippen LogP contribution in [0, 0.1) is 0 Å². The summed E-state index contributed by atoms with van der Waals surface area (Å²) in [5.74, 6) is 0. The highest BCUT2D eigenvalue weighted by Gasteiger charge is 2.05. The first-order valence-corrected chi connectivity index (χ1v) is 6.01. The van der Waals surface area contributed by atoms with Gasteiger partial charge in [-0.05, 0) is 20.3 Å². The van der Waals surface area contributed by atoms with E-state index in [-0.39, 0.29) is 11.7 Å². The zero-order valence-electron chi connectivity index (χ0n) is 10.5. The van der Waals surface area contributed by atoms with Gasteiger partial charge in [0.1, 0.15) is 0 Å². The van der Waals surface area contributed by atoms with Crippen molar-refractivity contribution >= 4 is 0 Å². The molecule has 0 bridgehead atoms. The van der Waals surface area contributed by atoms with Gasteiger partial charge in [-0.25, -0.2) is 4.79 Å². The number of hydrogen-bond acceptors (Lipinski definition) is 2. The van der Waals surface area contributed by atoms with Gasteiger partial charge in [0.05, 0.1) is 13.2 Å². The number of ether oxygens (including phenoxy) is 1. The Morgan fingerprint density at radius 1 is 1.31 bits per heavy atom. The SMILES string of the molecule is CCCCOCCn1ccn(C(C)C)c1=O. The predicted molar refractivity (Wildman–Crippen MR) is 64.8 cm³/mol. The van der Waals surface area contributed by atoms with Gasteiger partial charge in [0.15, 0.2) is 0 Å². The van der Waals surface area contributed by atoms with Gasteiger partial charge in [-0.1, -0.05) is 13.3 Å². The topological polar surface area (TPSA) is 36.2 Å². The number of rotatable bonds is 7. The quantitative estimate of drug-likeness (QED) is 0.667. The van der Waals surface area contributed by atoms with Gasteiger partial charge in [0, 0.05) is 25.0 Å². The second kappa shape index (κ2) is 6.53. The fourth-order valence-corrected chi connectivity index (χ4v) is 1.50. The summed E-state index contributed by atoms with van der Waals surface area (Å²) in [6.07, 6.45) is 5.89. The van der Waals surface area contributed by atoms with Crippen LogP contribution in [0.4, 0.5) is 0 Å². The molecule has 0 unspecified atom stereocenters. The molecule has 0 atom stereocenters. The monoisotopic (exact) mass is 226 g/mol. The zero-order valence-corrected chi connectivity index (χ0v) is 10.5. The van der Waals surface area contributed by atoms with Crippen LogP contribution in [-0.4, -0.2) is 22.3 Å². The molecule has 16 heavy (non-hydrogen) atoms. The van der Waals surface area contributed by atoms with Gasteiger partial charge in [0.25, 0.3) is 0 Å². The molecule has 1 aromatic heterocycles. The third-order valence-electron chi connectivity index (χ3n) is 2.55. The summed E-state index contributed by atoms with van der Waals surface area (Å²) in [7, 11) is 0. The van der Waals surface area contributed by atoms with Gasteiger partial charge in [-0.15, -0.1) is 0 Å². The van der Waals surface area contributed by atoms with Crippen molar-refractivity contribution in [1.82, 2.24) is 9.13 Å². The average Bonchev–Trinajstić information content (AvgIpc) is 2.60. The van der Waals surface area contributed by atoms with E-state index in [0.717, 1.165) is 19.4 Å². The van der Waals surface area contributed by atoms with Crippen LogP contribution in [0.3, 0.4) is 0 Å². The van der Waals surface area contributed by atoms with Crippen molar-refractivity contribution < 1.29 is 4.74 Å². The van der Waals surface area contributed by atoms with Crippen molar-refractivity contribution in [3.05, 3.63) is 22.9 Å². The first kappa shape index (κ1) is 13.0. The van der Waals surface area contributed by atoms with Crippen molar-refractivity contribution in [3.8, 4) is 0 Å². The first-order valence-electron chi connectivity index (χ1n) is 6.01. The lowest BCUT2D eigenvalue weighted by Gasteiger charge is -2.05. The second-order valence-electron chi connectivity index (χ2n) is 4.24. The van der Waals surface area contributed by atoms with Crippen molar-refractivity contribution in [1.29, 1.82) is 0 Å². The second-order valence-corrected chi connectivity index (χ2v) is 4.24. The molecule has 1 aromatic rings. The molecular formula is C12H22N2O2. The summed E-state index contributed by atoms with van der Waals surface area (Å²) >= 11 is 0. The molecule has 0 aliphatic carbocycles. The molecule has 0 fully saturated rings. The highest BCUT2D eigenvalue weighted by molar-refractivity contribution is 4.83. The summed E-state index contributed by atoms with van der Waals surface area (Å²) < 4.78 is 8.86. The van der Waals surface area contributed by atoms with Crippen LogP contribution in [0.15, 0.2) is 17.2 Å². The molecule has 0 saturated heterocycles. The number of nitrogens with zero attached hydrogens (tertiary/aromatic N) is 2. The van der Waals surface area contributed by atoms with Crippen LogP contribution in [0.5, 0.6) is 0 Å². The minimum Gasteiger partial charge on any atom is -0.380 e. The molecule has 0 radical (unpaired) electrons. The van der Waals surface area contributed by atoms with Crippen LogP contribution in [0.2, 0.25) is 0 Å². The average molecular weight is 226 g/mol. The fourth-order valence-electron chi connectivity index (χ4n) is 1.50. The molecule has 0 spiro atoms. The molecule has 92 valence electrons. The summed E-state index contributed by atoms with van der Waals surface area (Å²) in [6, 6.07) is 0.217. The smallest absolute Gasteiger partial charge is 0.328 e. The summed E-state index contributed by atoms with van der Waals surface area (Å²) in [5.41, 5.74) is 0.0501. The summed E-state index contributed by atoms with van der Waals surface area (Å²) in [6.45, 7) is 8.18. The van der Waals surface area contributed by atoms with E-state index in [9.17, 15) is 4.79 Å². The Morgan fingerprint density at radius 2 is 2.06 bits per heavy atom. The highest BCUT2D eigenvalue weighted by Crippen LogP contribution is 1.99. The van der Waals surface area contributed by atoms with E-state index < -0.39 is 0 Å². The maximum Gasteiger partial charge on any atom is 0.328 e.